The summed E-state index contributed by atoms with van der Waals surface area (Å²) in [4.78, 5) is 36.6. The van der Waals surface area contributed by atoms with Gasteiger partial charge in [-0.05, 0) is 61.1 Å². The van der Waals surface area contributed by atoms with Crippen LogP contribution in [0.5, 0.6) is 0 Å². The molecule has 1 unspecified atom stereocenters. The first kappa shape index (κ1) is 23.1. The van der Waals surface area contributed by atoms with Crippen molar-refractivity contribution in [2.45, 2.75) is 53.1 Å². The SMILES string of the molecule is Cc1ccc(C)c(NC(=O)C(C)OC(=O)CNC(=O)c2ccc(C(C)(C)C)cc2)c1. The quantitative estimate of drug-likeness (QED) is 0.708. The fraction of sp³-hybridized carbons (Fsp3) is 0.375. The highest BCUT2D eigenvalue weighted by Gasteiger charge is 2.19. The van der Waals surface area contributed by atoms with Gasteiger partial charge in [-0.3, -0.25) is 14.4 Å². The lowest BCUT2D eigenvalue weighted by molar-refractivity contribution is -0.152. The van der Waals surface area contributed by atoms with Crippen LogP contribution in [0.2, 0.25) is 0 Å². The molecule has 0 spiro atoms. The van der Waals surface area contributed by atoms with E-state index in [1.165, 1.54) is 6.92 Å². The summed E-state index contributed by atoms with van der Waals surface area (Å²) in [5.41, 5.74) is 4.16. The highest BCUT2D eigenvalue weighted by Crippen LogP contribution is 2.22. The number of anilines is 1. The summed E-state index contributed by atoms with van der Waals surface area (Å²) in [5, 5.41) is 5.28. The van der Waals surface area contributed by atoms with Crippen LogP contribution in [0.4, 0.5) is 5.69 Å². The van der Waals surface area contributed by atoms with Crippen molar-refractivity contribution >= 4 is 23.5 Å². The van der Waals surface area contributed by atoms with Gasteiger partial charge in [0.05, 0.1) is 0 Å². The molecule has 0 heterocycles. The van der Waals surface area contributed by atoms with Crippen molar-refractivity contribution in [3.63, 3.8) is 0 Å². The lowest BCUT2D eigenvalue weighted by Gasteiger charge is -2.19. The molecule has 2 aromatic rings. The Kier molecular flexibility index (Phi) is 7.38. The van der Waals surface area contributed by atoms with Crippen LogP contribution in [-0.4, -0.2) is 30.4 Å². The number of carbonyl (C=O) groups is 3. The topological polar surface area (TPSA) is 84.5 Å². The molecule has 0 saturated heterocycles. The first-order valence-corrected chi connectivity index (χ1v) is 9.93. The smallest absolute Gasteiger partial charge is 0.326 e. The second-order valence-electron chi connectivity index (χ2n) is 8.45. The van der Waals surface area contributed by atoms with E-state index < -0.39 is 18.0 Å². The van der Waals surface area contributed by atoms with E-state index in [0.717, 1.165) is 16.7 Å². The van der Waals surface area contributed by atoms with Crippen molar-refractivity contribution in [1.82, 2.24) is 5.32 Å². The van der Waals surface area contributed by atoms with Gasteiger partial charge >= 0.3 is 5.97 Å². The van der Waals surface area contributed by atoms with Gasteiger partial charge < -0.3 is 15.4 Å². The molecular formula is C24H30N2O4. The van der Waals surface area contributed by atoms with Crippen LogP contribution in [0, 0.1) is 13.8 Å². The predicted molar refractivity (Wildman–Crippen MR) is 118 cm³/mol. The lowest BCUT2D eigenvalue weighted by Crippen LogP contribution is -2.36. The predicted octanol–water partition coefficient (Wildman–Crippen LogP) is 3.90. The summed E-state index contributed by atoms with van der Waals surface area (Å²) in [6.07, 6.45) is -0.986. The normalized spacial score (nSPS) is 12.1. The number of rotatable bonds is 6. The zero-order valence-corrected chi connectivity index (χ0v) is 18.5. The van der Waals surface area contributed by atoms with E-state index in [4.69, 9.17) is 4.74 Å². The Labute approximate surface area is 178 Å². The van der Waals surface area contributed by atoms with Crippen LogP contribution in [0.3, 0.4) is 0 Å². The average molecular weight is 411 g/mol. The van der Waals surface area contributed by atoms with Crippen LogP contribution in [0.1, 0.15) is 54.7 Å². The Morgan fingerprint density at radius 1 is 1.00 bits per heavy atom. The van der Waals surface area contributed by atoms with Gasteiger partial charge in [-0.15, -0.1) is 0 Å². The summed E-state index contributed by atoms with van der Waals surface area (Å²) >= 11 is 0. The van der Waals surface area contributed by atoms with E-state index in [1.807, 2.05) is 44.2 Å². The van der Waals surface area contributed by atoms with Crippen LogP contribution >= 0.6 is 0 Å². The number of carbonyl (C=O) groups excluding carboxylic acids is 3. The monoisotopic (exact) mass is 410 g/mol. The molecule has 6 heteroatoms. The Hall–Kier alpha value is -3.15. The van der Waals surface area contributed by atoms with Crippen molar-refractivity contribution in [3.05, 3.63) is 64.7 Å². The van der Waals surface area contributed by atoms with Gasteiger partial charge in [0.25, 0.3) is 11.8 Å². The average Bonchev–Trinajstić information content (AvgIpc) is 2.68. The number of hydrogen-bond donors (Lipinski definition) is 2. The number of hydrogen-bond acceptors (Lipinski definition) is 4. The molecule has 0 saturated carbocycles. The van der Waals surface area contributed by atoms with Gasteiger partial charge in [0, 0.05) is 11.3 Å². The molecule has 2 aromatic carbocycles. The van der Waals surface area contributed by atoms with E-state index in [9.17, 15) is 14.4 Å². The second-order valence-corrected chi connectivity index (χ2v) is 8.45. The molecule has 1 atom stereocenters. The number of esters is 1. The zero-order valence-electron chi connectivity index (χ0n) is 18.5. The van der Waals surface area contributed by atoms with Crippen molar-refractivity contribution in [2.75, 3.05) is 11.9 Å². The molecule has 6 nitrogen and oxygen atoms in total. The maximum Gasteiger partial charge on any atom is 0.326 e. The van der Waals surface area contributed by atoms with Gasteiger partial charge in [0.2, 0.25) is 0 Å². The van der Waals surface area contributed by atoms with Gasteiger partial charge in [-0.25, -0.2) is 0 Å². The minimum absolute atomic E-state index is 0.00743. The summed E-state index contributed by atoms with van der Waals surface area (Å²) in [5.74, 6) is -1.49. The zero-order chi connectivity index (χ0) is 22.5. The largest absolute Gasteiger partial charge is 0.451 e. The van der Waals surface area contributed by atoms with Crippen LogP contribution < -0.4 is 10.6 Å². The summed E-state index contributed by atoms with van der Waals surface area (Å²) in [7, 11) is 0. The lowest BCUT2D eigenvalue weighted by atomic mass is 9.87. The number of aryl methyl sites for hydroxylation is 2. The first-order valence-electron chi connectivity index (χ1n) is 9.93. The van der Waals surface area contributed by atoms with Crippen molar-refractivity contribution in [3.8, 4) is 0 Å². The van der Waals surface area contributed by atoms with Gasteiger partial charge in [-0.2, -0.15) is 0 Å². The Morgan fingerprint density at radius 3 is 2.23 bits per heavy atom. The Balaban J connectivity index is 1.85. The molecule has 0 aliphatic heterocycles. The molecule has 30 heavy (non-hydrogen) atoms. The molecule has 2 amide bonds. The first-order chi connectivity index (χ1) is 14.0. The number of amides is 2. The molecular weight excluding hydrogens is 380 g/mol. The van der Waals surface area contributed by atoms with E-state index in [1.54, 1.807) is 12.1 Å². The van der Waals surface area contributed by atoms with Gasteiger partial charge in [0.1, 0.15) is 6.54 Å². The Morgan fingerprint density at radius 2 is 1.63 bits per heavy atom. The van der Waals surface area contributed by atoms with Crippen molar-refractivity contribution in [1.29, 1.82) is 0 Å². The number of ether oxygens (including phenoxy) is 1. The maximum atomic E-state index is 12.3. The standard InChI is InChI=1S/C24H30N2O4/c1-15-7-8-16(2)20(13-15)26-22(28)17(3)30-21(27)14-25-23(29)18-9-11-19(12-10-18)24(4,5)6/h7-13,17H,14H2,1-6H3,(H,25,29)(H,26,28). The molecule has 2 N–H and O–H groups in total. The van der Waals surface area contributed by atoms with Crippen molar-refractivity contribution < 1.29 is 19.1 Å². The highest BCUT2D eigenvalue weighted by molar-refractivity contribution is 5.97. The fourth-order valence-electron chi connectivity index (χ4n) is 2.77. The van der Waals surface area contributed by atoms with Crippen LogP contribution in [0.25, 0.3) is 0 Å². The molecule has 0 aromatic heterocycles. The number of nitrogens with one attached hydrogen (secondary N) is 2. The third-order valence-corrected chi connectivity index (χ3v) is 4.73. The van der Waals surface area contributed by atoms with E-state index in [2.05, 4.69) is 31.4 Å². The van der Waals surface area contributed by atoms with E-state index in [-0.39, 0.29) is 17.9 Å². The molecule has 0 aliphatic carbocycles. The highest BCUT2D eigenvalue weighted by atomic mass is 16.5. The van der Waals surface area contributed by atoms with E-state index >= 15 is 0 Å². The molecule has 0 fully saturated rings. The van der Waals surface area contributed by atoms with Gasteiger partial charge in [-0.1, -0.05) is 45.0 Å². The van der Waals surface area contributed by atoms with E-state index in [0.29, 0.717) is 11.3 Å². The summed E-state index contributed by atoms with van der Waals surface area (Å²) < 4.78 is 5.14. The molecule has 2 rings (SSSR count). The minimum atomic E-state index is -0.986. The van der Waals surface area contributed by atoms with Crippen molar-refractivity contribution in [2.24, 2.45) is 0 Å². The number of benzene rings is 2. The molecule has 0 bridgehead atoms. The van der Waals surface area contributed by atoms with Crippen LogP contribution in [0.15, 0.2) is 42.5 Å². The maximum absolute atomic E-state index is 12.3. The summed E-state index contributed by atoms with van der Waals surface area (Å²) in [6, 6.07) is 13.0. The third-order valence-electron chi connectivity index (χ3n) is 4.73. The molecule has 160 valence electrons. The molecule has 0 aliphatic rings. The minimum Gasteiger partial charge on any atom is -0.451 e. The summed E-state index contributed by atoms with van der Waals surface area (Å²) in [6.45, 7) is 11.3. The fourth-order valence-corrected chi connectivity index (χ4v) is 2.77. The van der Waals surface area contributed by atoms with Gasteiger partial charge in [0.15, 0.2) is 6.10 Å². The van der Waals surface area contributed by atoms with Crippen LogP contribution in [-0.2, 0) is 19.7 Å². The molecule has 0 radical (unpaired) electrons. The Bertz CT molecular complexity index is 927. The second kappa shape index (κ2) is 9.57. The third kappa shape index (κ3) is 6.44.